The highest BCUT2D eigenvalue weighted by molar-refractivity contribution is 6.06. The highest BCUT2D eigenvalue weighted by Gasteiger charge is 2.47. The zero-order valence-electron chi connectivity index (χ0n) is 35.4. The summed E-state index contributed by atoms with van der Waals surface area (Å²) in [6, 6.07) is 20.5. The number of nitrogens with one attached hydrogen (secondary N) is 1. The Morgan fingerprint density at radius 1 is 0.635 bits per heavy atom. The van der Waals surface area contributed by atoms with Crippen LogP contribution in [0.4, 0.5) is 20.4 Å². The van der Waals surface area contributed by atoms with E-state index in [1.165, 1.54) is 35.7 Å². The highest BCUT2D eigenvalue weighted by atomic mass is 19.1. The Morgan fingerprint density at radius 2 is 1.16 bits per heavy atom. The van der Waals surface area contributed by atoms with Gasteiger partial charge in [0, 0.05) is 12.8 Å². The number of anilines is 2. The van der Waals surface area contributed by atoms with Crippen molar-refractivity contribution in [2.75, 3.05) is 31.5 Å². The lowest BCUT2D eigenvalue weighted by Gasteiger charge is -2.19. The van der Waals surface area contributed by atoms with Gasteiger partial charge >= 0.3 is 0 Å². The number of rotatable bonds is 11. The van der Waals surface area contributed by atoms with E-state index in [9.17, 15) is 18.4 Å². The summed E-state index contributed by atoms with van der Waals surface area (Å²) in [6.07, 6.45) is 3.71. The Labute approximate surface area is 360 Å². The van der Waals surface area contributed by atoms with Crippen LogP contribution in [0.2, 0.25) is 0 Å². The average molecular weight is 857 g/mol. The minimum Gasteiger partial charge on any atom is -0.497 e. The number of methoxy groups -OCH3 is 3. The van der Waals surface area contributed by atoms with Crippen molar-refractivity contribution in [3.8, 4) is 29.1 Å². The molecule has 0 saturated carbocycles. The Morgan fingerprint density at radius 3 is 1.68 bits per heavy atom. The number of carbonyl (C=O) groups is 2. The van der Waals surface area contributed by atoms with Gasteiger partial charge in [-0.05, 0) is 68.7 Å². The van der Waals surface area contributed by atoms with Crippen LogP contribution in [0.25, 0.3) is 11.9 Å². The number of amides is 2. The van der Waals surface area contributed by atoms with Crippen LogP contribution in [-0.2, 0) is 39.8 Å². The maximum atomic E-state index is 14.2. The molecule has 9 rings (SSSR count). The summed E-state index contributed by atoms with van der Waals surface area (Å²) in [5.74, 6) is 1.89. The average Bonchev–Trinajstić information content (AvgIpc) is 4.00. The number of carbonyl (C=O) groups excluding carboxylic acids is 2. The maximum absolute atomic E-state index is 14.2. The fourth-order valence-corrected chi connectivity index (χ4v) is 7.11. The van der Waals surface area contributed by atoms with E-state index in [2.05, 4.69) is 45.9 Å². The lowest BCUT2D eigenvalue weighted by Crippen LogP contribution is -2.36. The quantitative estimate of drug-likeness (QED) is 0.168. The van der Waals surface area contributed by atoms with E-state index in [1.807, 2.05) is 38.1 Å². The van der Waals surface area contributed by atoms with Crippen LogP contribution in [0.3, 0.4) is 0 Å². The number of hydrogen-bond acceptors (Lipinski definition) is 13. The first kappa shape index (κ1) is 42.0. The number of benzene rings is 3. The standard InChI is InChI=1S/C26H25FN6O3.C18H17FN6O2/c1-26(2)22-23(32(24(26)34)14-16-9-11-18(35-3)12-10-16)28-25(30-29-22)33-15-21(36-4)20(31-33)13-17-7-5-6-8-19(17)27;1-18(2)14-15(20-16(18)26)21-17(23-22-14)25-9-13(27-3)12(24-25)8-10-6-4-5-7-11(10)19/h5-12,15H,13-14H2,1-4H3;4-7,9H,8H2,1-3H3,(H,20,21,23,26). The molecule has 2 aliphatic heterocycles. The summed E-state index contributed by atoms with van der Waals surface area (Å²) in [7, 11) is 4.64. The molecule has 2 aliphatic rings. The Kier molecular flexibility index (Phi) is 11.1. The predicted molar refractivity (Wildman–Crippen MR) is 224 cm³/mol. The van der Waals surface area contributed by atoms with Crippen LogP contribution in [0.15, 0.2) is 85.2 Å². The van der Waals surface area contributed by atoms with Crippen molar-refractivity contribution < 1.29 is 32.6 Å². The summed E-state index contributed by atoms with van der Waals surface area (Å²) in [4.78, 5) is 36.0. The van der Waals surface area contributed by atoms with Gasteiger partial charge in [-0.15, -0.1) is 20.4 Å². The second-order valence-corrected chi connectivity index (χ2v) is 15.8. The van der Waals surface area contributed by atoms with Crippen LogP contribution in [0, 0.1) is 11.6 Å². The van der Waals surface area contributed by atoms with Crippen LogP contribution in [0.1, 0.15) is 67.2 Å². The van der Waals surface area contributed by atoms with Gasteiger partial charge < -0.3 is 19.5 Å². The topological polar surface area (TPSA) is 190 Å². The van der Waals surface area contributed by atoms with E-state index in [-0.39, 0.29) is 48.2 Å². The Hall–Kier alpha value is -7.70. The van der Waals surface area contributed by atoms with Gasteiger partial charge in [-0.1, -0.05) is 48.5 Å². The predicted octanol–water partition coefficient (Wildman–Crippen LogP) is 5.65. The minimum absolute atomic E-state index is 0.120. The van der Waals surface area contributed by atoms with Crippen molar-refractivity contribution in [2.45, 2.75) is 57.9 Å². The zero-order chi connectivity index (χ0) is 44.6. The van der Waals surface area contributed by atoms with Gasteiger partial charge in [-0.2, -0.15) is 20.2 Å². The number of hydrogen-bond donors (Lipinski definition) is 1. The first-order valence-electron chi connectivity index (χ1n) is 19.7. The van der Waals surface area contributed by atoms with Crippen molar-refractivity contribution in [2.24, 2.45) is 0 Å². The molecule has 0 radical (unpaired) electrons. The summed E-state index contributed by atoms with van der Waals surface area (Å²) < 4.78 is 47.0. The van der Waals surface area contributed by atoms with Crippen LogP contribution in [0.5, 0.6) is 17.2 Å². The molecule has 63 heavy (non-hydrogen) atoms. The van der Waals surface area contributed by atoms with Gasteiger partial charge in [0.15, 0.2) is 23.1 Å². The number of fused-ring (bicyclic) bond motifs is 2. The highest BCUT2D eigenvalue weighted by Crippen LogP contribution is 2.40. The zero-order valence-corrected chi connectivity index (χ0v) is 35.4. The van der Waals surface area contributed by atoms with E-state index in [4.69, 9.17) is 14.2 Å². The van der Waals surface area contributed by atoms with Crippen molar-refractivity contribution >= 4 is 23.5 Å². The first-order valence-corrected chi connectivity index (χ1v) is 19.7. The summed E-state index contributed by atoms with van der Waals surface area (Å²) in [5.41, 5.74) is 2.30. The first-order chi connectivity index (χ1) is 30.2. The normalized spacial score (nSPS) is 14.4. The lowest BCUT2D eigenvalue weighted by atomic mass is 9.91. The third-order valence-electron chi connectivity index (χ3n) is 10.8. The van der Waals surface area contributed by atoms with Gasteiger partial charge in [0.1, 0.15) is 40.2 Å². The molecule has 4 aromatic heterocycles. The molecule has 0 bridgehead atoms. The van der Waals surface area contributed by atoms with Gasteiger partial charge in [0.05, 0.1) is 51.1 Å². The van der Waals surface area contributed by atoms with Gasteiger partial charge in [0.25, 0.3) is 11.9 Å². The SMILES string of the molecule is COc1ccc(CN2C(=O)C(C)(C)c3nnc(-n4cc(OC)c(Cc5ccccc5F)n4)nc32)cc1.COc1cn(-c2nnc3c(n2)NC(=O)C3(C)C)nc1Cc1ccccc1F. The molecular formula is C44H42F2N12O5. The second-order valence-electron chi connectivity index (χ2n) is 15.8. The lowest BCUT2D eigenvalue weighted by molar-refractivity contribution is -0.122. The molecule has 6 heterocycles. The molecule has 0 aliphatic carbocycles. The van der Waals surface area contributed by atoms with Gasteiger partial charge in [0.2, 0.25) is 11.8 Å². The fourth-order valence-electron chi connectivity index (χ4n) is 7.11. The van der Waals surface area contributed by atoms with Crippen molar-refractivity contribution in [3.63, 3.8) is 0 Å². The van der Waals surface area contributed by atoms with E-state index in [0.717, 1.165) is 11.3 Å². The fraction of sp³-hybridized carbons (Fsp3) is 0.273. The monoisotopic (exact) mass is 856 g/mol. The molecule has 0 unspecified atom stereocenters. The largest absolute Gasteiger partial charge is 0.497 e. The Bertz CT molecular complexity index is 2860. The summed E-state index contributed by atoms with van der Waals surface area (Å²) in [6.45, 7) is 7.45. The van der Waals surface area contributed by atoms with E-state index < -0.39 is 10.8 Å². The van der Waals surface area contributed by atoms with Gasteiger partial charge in [-0.25, -0.2) is 18.1 Å². The molecule has 7 aromatic rings. The molecule has 0 spiro atoms. The molecule has 17 nitrogen and oxygen atoms in total. The number of ether oxygens (including phenoxy) is 3. The molecule has 1 N–H and O–H groups in total. The molecule has 0 fully saturated rings. The summed E-state index contributed by atoms with van der Waals surface area (Å²) >= 11 is 0. The van der Waals surface area contributed by atoms with E-state index >= 15 is 0 Å². The van der Waals surface area contributed by atoms with Crippen molar-refractivity contribution in [1.29, 1.82) is 0 Å². The second kappa shape index (κ2) is 16.6. The van der Waals surface area contributed by atoms with Gasteiger partial charge in [-0.3, -0.25) is 14.5 Å². The molecule has 0 atom stereocenters. The number of nitrogens with zero attached hydrogens (tertiary/aromatic N) is 11. The summed E-state index contributed by atoms with van der Waals surface area (Å²) in [5, 5.41) is 28.5. The molecule has 3 aromatic carbocycles. The molecule has 2 amide bonds. The molecular weight excluding hydrogens is 815 g/mol. The third-order valence-corrected chi connectivity index (χ3v) is 10.8. The van der Waals surface area contributed by atoms with Crippen molar-refractivity contribution in [3.05, 3.63) is 136 Å². The van der Waals surface area contributed by atoms with Crippen LogP contribution < -0.4 is 24.4 Å². The molecule has 0 saturated heterocycles. The third kappa shape index (κ3) is 7.99. The molecule has 322 valence electrons. The minimum atomic E-state index is -0.877. The molecule has 19 heteroatoms. The Balaban J connectivity index is 0.000000180. The van der Waals surface area contributed by atoms with Crippen LogP contribution >= 0.6 is 0 Å². The maximum Gasteiger partial charge on any atom is 0.272 e. The number of halogens is 2. The van der Waals surface area contributed by atoms with Crippen LogP contribution in [-0.4, -0.2) is 83.1 Å². The van der Waals surface area contributed by atoms with Crippen molar-refractivity contribution in [1.82, 2.24) is 49.9 Å². The smallest absolute Gasteiger partial charge is 0.272 e. The number of aromatic nitrogens is 10. The van der Waals surface area contributed by atoms with E-state index in [0.29, 0.717) is 63.6 Å². The van der Waals surface area contributed by atoms with E-state index in [1.54, 1.807) is 74.6 Å².